The van der Waals surface area contributed by atoms with Crippen molar-refractivity contribution in [1.29, 1.82) is 0 Å². The Morgan fingerprint density at radius 2 is 2.00 bits per heavy atom. The van der Waals surface area contributed by atoms with Crippen molar-refractivity contribution in [3.8, 4) is 5.69 Å². The average molecular weight is 364 g/mol. The number of nitrogens with one attached hydrogen (secondary N) is 1. The lowest BCUT2D eigenvalue weighted by molar-refractivity contribution is 0.755. The van der Waals surface area contributed by atoms with Crippen LogP contribution in [0.25, 0.3) is 5.69 Å². The number of nitrogens with zero attached hydrogens (tertiary/aromatic N) is 6. The molecule has 0 aliphatic rings. The normalized spacial score (nSPS) is 10.6. The predicted octanol–water partition coefficient (Wildman–Crippen LogP) is 2.41. The number of benzene rings is 1. The summed E-state index contributed by atoms with van der Waals surface area (Å²) in [5.74, 6) is 0.714. The van der Waals surface area contributed by atoms with Crippen LogP contribution in [0, 0.1) is 0 Å². The summed E-state index contributed by atoms with van der Waals surface area (Å²) in [6.07, 6.45) is 1.50. The maximum absolute atomic E-state index is 4.25. The van der Waals surface area contributed by atoms with Gasteiger partial charge in [-0.2, -0.15) is 4.68 Å². The lowest BCUT2D eigenvalue weighted by atomic mass is 10.3. The minimum atomic E-state index is 0.627. The zero-order valence-electron chi connectivity index (χ0n) is 10.9. The Balaban J connectivity index is 1.96. The van der Waals surface area contributed by atoms with Crippen LogP contribution in [-0.2, 0) is 0 Å². The maximum atomic E-state index is 4.25. The van der Waals surface area contributed by atoms with Crippen molar-refractivity contribution >= 4 is 33.5 Å². The van der Waals surface area contributed by atoms with Crippen molar-refractivity contribution in [2.75, 3.05) is 12.4 Å². The van der Waals surface area contributed by atoms with Gasteiger partial charge in [0.1, 0.15) is 17.2 Å². The number of hydrogen-bond donors (Lipinski definition) is 1. The summed E-state index contributed by atoms with van der Waals surface area (Å²) < 4.78 is 2.44. The molecule has 3 rings (SSSR count). The monoisotopic (exact) mass is 363 g/mol. The second-order valence-electron chi connectivity index (χ2n) is 3.90. The Morgan fingerprint density at radius 1 is 1.19 bits per heavy atom. The van der Waals surface area contributed by atoms with E-state index in [0.29, 0.717) is 11.0 Å². The van der Waals surface area contributed by atoms with Gasteiger partial charge in [-0.3, -0.25) is 0 Å². The highest BCUT2D eigenvalue weighted by atomic mass is 79.9. The van der Waals surface area contributed by atoms with Gasteiger partial charge in [0.05, 0.1) is 10.2 Å². The van der Waals surface area contributed by atoms with E-state index in [4.69, 9.17) is 0 Å². The van der Waals surface area contributed by atoms with Crippen molar-refractivity contribution in [3.63, 3.8) is 0 Å². The van der Waals surface area contributed by atoms with Gasteiger partial charge in [0.15, 0.2) is 0 Å². The third-order valence-corrected chi connectivity index (χ3v) is 4.58. The van der Waals surface area contributed by atoms with Crippen molar-refractivity contribution in [1.82, 2.24) is 30.2 Å². The number of aromatic nitrogens is 6. The Kier molecular flexibility index (Phi) is 4.11. The molecule has 2 aromatic heterocycles. The molecule has 0 unspecified atom stereocenters. The van der Waals surface area contributed by atoms with E-state index < -0.39 is 0 Å². The van der Waals surface area contributed by atoms with E-state index in [2.05, 4.69) is 46.7 Å². The van der Waals surface area contributed by atoms with Crippen LogP contribution >= 0.6 is 27.7 Å². The summed E-state index contributed by atoms with van der Waals surface area (Å²) in [5.41, 5.74) is 0.893. The standard InChI is InChI=1S/C12H10BrN7S/c1-14-10-9(13)11(16-7-15-10)21-12-17-18-19-20(12)8-5-3-2-4-6-8/h2-7H,1H3,(H,14,15,16). The Morgan fingerprint density at radius 3 is 2.76 bits per heavy atom. The summed E-state index contributed by atoms with van der Waals surface area (Å²) in [5, 5.41) is 16.2. The highest BCUT2D eigenvalue weighted by Crippen LogP contribution is 2.33. The van der Waals surface area contributed by atoms with Crippen molar-refractivity contribution in [3.05, 3.63) is 41.1 Å². The van der Waals surface area contributed by atoms with Gasteiger partial charge in [0.2, 0.25) is 5.16 Å². The average Bonchev–Trinajstić information content (AvgIpc) is 2.98. The Hall–Kier alpha value is -2.00. The van der Waals surface area contributed by atoms with E-state index in [1.807, 2.05) is 30.3 Å². The lowest BCUT2D eigenvalue weighted by Crippen LogP contribution is -2.00. The molecule has 7 nitrogen and oxygen atoms in total. The smallest absolute Gasteiger partial charge is 0.220 e. The number of rotatable bonds is 4. The molecule has 21 heavy (non-hydrogen) atoms. The summed E-state index contributed by atoms with van der Waals surface area (Å²) in [6, 6.07) is 9.69. The van der Waals surface area contributed by atoms with E-state index in [0.717, 1.165) is 15.2 Å². The lowest BCUT2D eigenvalue weighted by Gasteiger charge is -2.07. The second kappa shape index (κ2) is 6.19. The molecule has 9 heteroatoms. The molecule has 2 heterocycles. The minimum Gasteiger partial charge on any atom is -0.372 e. The van der Waals surface area contributed by atoms with Crippen molar-refractivity contribution in [2.24, 2.45) is 0 Å². The fraction of sp³-hybridized carbons (Fsp3) is 0.0833. The fourth-order valence-electron chi connectivity index (χ4n) is 1.66. The van der Waals surface area contributed by atoms with Gasteiger partial charge in [0, 0.05) is 7.05 Å². The van der Waals surface area contributed by atoms with Gasteiger partial charge in [-0.15, -0.1) is 5.10 Å². The number of anilines is 1. The van der Waals surface area contributed by atoms with Crippen LogP contribution in [0.4, 0.5) is 5.82 Å². The molecular weight excluding hydrogens is 354 g/mol. The molecule has 3 aromatic rings. The van der Waals surface area contributed by atoms with Crippen LogP contribution in [0.1, 0.15) is 0 Å². The first-order valence-corrected chi connectivity index (χ1v) is 7.60. The van der Waals surface area contributed by atoms with E-state index in [9.17, 15) is 0 Å². The molecule has 1 N–H and O–H groups in total. The minimum absolute atomic E-state index is 0.627. The highest BCUT2D eigenvalue weighted by molar-refractivity contribution is 9.10. The van der Waals surface area contributed by atoms with E-state index in [1.165, 1.54) is 18.1 Å². The highest BCUT2D eigenvalue weighted by Gasteiger charge is 2.15. The molecule has 0 amide bonds. The summed E-state index contributed by atoms with van der Waals surface area (Å²) >= 11 is 4.84. The second-order valence-corrected chi connectivity index (χ2v) is 5.65. The predicted molar refractivity (Wildman–Crippen MR) is 82.6 cm³/mol. The zero-order chi connectivity index (χ0) is 14.7. The Bertz CT molecular complexity index is 746. The van der Waals surface area contributed by atoms with Crippen LogP contribution in [0.3, 0.4) is 0 Å². The first-order chi connectivity index (χ1) is 10.3. The van der Waals surface area contributed by atoms with E-state index in [-0.39, 0.29) is 0 Å². The summed E-state index contributed by atoms with van der Waals surface area (Å²) in [7, 11) is 1.80. The molecule has 1 aromatic carbocycles. The summed E-state index contributed by atoms with van der Waals surface area (Å²) in [4.78, 5) is 8.38. The number of para-hydroxylation sites is 1. The number of halogens is 1. The maximum Gasteiger partial charge on any atom is 0.220 e. The third kappa shape index (κ3) is 2.88. The third-order valence-electron chi connectivity index (χ3n) is 2.62. The largest absolute Gasteiger partial charge is 0.372 e. The molecule has 0 bridgehead atoms. The number of tetrazole rings is 1. The van der Waals surface area contributed by atoms with E-state index in [1.54, 1.807) is 11.7 Å². The number of hydrogen-bond acceptors (Lipinski definition) is 7. The molecule has 0 saturated carbocycles. The molecule has 0 fully saturated rings. The van der Waals surface area contributed by atoms with E-state index >= 15 is 0 Å². The first kappa shape index (κ1) is 14.0. The molecule has 0 saturated heterocycles. The van der Waals surface area contributed by atoms with Crippen LogP contribution in [0.5, 0.6) is 0 Å². The zero-order valence-corrected chi connectivity index (χ0v) is 13.3. The van der Waals surface area contributed by atoms with Crippen molar-refractivity contribution < 1.29 is 0 Å². The molecular formula is C12H10BrN7S. The van der Waals surface area contributed by atoms with Crippen molar-refractivity contribution in [2.45, 2.75) is 10.2 Å². The molecule has 0 aliphatic heterocycles. The van der Waals surface area contributed by atoms with Crippen LogP contribution < -0.4 is 5.32 Å². The van der Waals surface area contributed by atoms with Gasteiger partial charge >= 0.3 is 0 Å². The molecule has 106 valence electrons. The Labute approximate surface area is 133 Å². The summed E-state index contributed by atoms with van der Waals surface area (Å²) in [6.45, 7) is 0. The fourth-order valence-corrected chi connectivity index (χ4v) is 3.07. The molecule has 0 aliphatic carbocycles. The van der Waals surface area contributed by atoms with Crippen LogP contribution in [-0.4, -0.2) is 37.2 Å². The molecule has 0 radical (unpaired) electrons. The topological polar surface area (TPSA) is 81.4 Å². The van der Waals surface area contributed by atoms with Gasteiger partial charge in [-0.25, -0.2) is 9.97 Å². The van der Waals surface area contributed by atoms with Gasteiger partial charge < -0.3 is 5.32 Å². The van der Waals surface area contributed by atoms with Gasteiger partial charge in [-0.05, 0) is 50.3 Å². The van der Waals surface area contributed by atoms with Gasteiger partial charge in [0.25, 0.3) is 0 Å². The van der Waals surface area contributed by atoms with Crippen LogP contribution in [0.2, 0.25) is 0 Å². The molecule has 0 spiro atoms. The molecule has 0 atom stereocenters. The SMILES string of the molecule is CNc1ncnc(Sc2nnnn2-c2ccccc2)c1Br. The van der Waals surface area contributed by atoms with Crippen LogP contribution in [0.15, 0.2) is 51.3 Å². The quantitative estimate of drug-likeness (QED) is 0.712. The first-order valence-electron chi connectivity index (χ1n) is 5.99. The van der Waals surface area contributed by atoms with Gasteiger partial charge in [-0.1, -0.05) is 18.2 Å².